The van der Waals surface area contributed by atoms with Gasteiger partial charge in [-0.3, -0.25) is 14.5 Å². The molecule has 47 heavy (non-hydrogen) atoms. The number of esters is 1. The number of rotatable bonds is 24. The molecule has 0 aliphatic carbocycles. The number of anilines is 1. The molecule has 266 valence electrons. The average molecular weight is 718 g/mol. The topological polar surface area (TPSA) is 155 Å². The summed E-state index contributed by atoms with van der Waals surface area (Å²) in [4.78, 5) is 49.6. The van der Waals surface area contributed by atoms with Gasteiger partial charge in [-0.05, 0) is 18.9 Å². The lowest BCUT2D eigenvalue weighted by Gasteiger charge is -2.48. The van der Waals surface area contributed by atoms with Crippen LogP contribution in [0.25, 0.3) is 0 Å². The highest BCUT2D eigenvalue weighted by molar-refractivity contribution is 8.00. The molecule has 1 aromatic rings. The SMILES string of the molecule is CCCCCCCCOCC(COC(=O)C1=CCS[C@H]2C(NC(=O)C(=NOC)c3csc(N)n3)C(=O)N12)OCCCCCCCC.Cl. The van der Waals surface area contributed by atoms with Crippen LogP contribution in [0.4, 0.5) is 5.13 Å². The summed E-state index contributed by atoms with van der Waals surface area (Å²) < 4.78 is 17.7. The number of hydrogen-bond acceptors (Lipinski definition) is 12. The first-order valence-corrected chi connectivity index (χ1v) is 18.5. The van der Waals surface area contributed by atoms with Crippen LogP contribution in [-0.2, 0) is 33.4 Å². The molecule has 2 amide bonds. The van der Waals surface area contributed by atoms with Gasteiger partial charge in [0.1, 0.15) is 42.6 Å². The standard InChI is InChI=1S/C32H51N5O7S2.ClH/c1-4-6-8-10-12-14-17-42-20-23(43-18-15-13-11-9-7-5-2)21-44-31(40)25-16-19-45-30-27(29(39)37(25)30)35-28(38)26(36-41-3)24-22-46-32(33)34-24;/h16,22-23,27,30H,4-15,17-21H2,1-3H3,(H2,33,34)(H,35,38);1H/t23?,27?,30-;/m0./s1. The monoisotopic (exact) mass is 717 g/mol. The highest BCUT2D eigenvalue weighted by atomic mass is 35.5. The van der Waals surface area contributed by atoms with Crippen LogP contribution < -0.4 is 11.1 Å². The normalized spacial score (nSPS) is 18.0. The summed E-state index contributed by atoms with van der Waals surface area (Å²) in [6.45, 7) is 5.98. The fourth-order valence-electron chi connectivity index (χ4n) is 5.15. The van der Waals surface area contributed by atoms with E-state index in [1.807, 2.05) is 0 Å². The number of nitrogen functional groups attached to an aromatic ring is 1. The quantitative estimate of drug-likeness (QED) is 0.0464. The minimum atomic E-state index is -0.851. The number of nitrogens with one attached hydrogen (secondary N) is 1. The van der Waals surface area contributed by atoms with Crippen LogP contribution in [0.15, 0.2) is 22.3 Å². The fraction of sp³-hybridized carbons (Fsp3) is 0.719. The number of fused-ring (bicyclic) bond motifs is 1. The Morgan fingerprint density at radius 3 is 2.34 bits per heavy atom. The number of hydrogen-bond donors (Lipinski definition) is 2. The lowest BCUT2D eigenvalue weighted by atomic mass is 10.0. The van der Waals surface area contributed by atoms with E-state index in [9.17, 15) is 14.4 Å². The minimum Gasteiger partial charge on any atom is -0.458 e. The molecule has 2 aliphatic rings. The molecule has 12 nitrogen and oxygen atoms in total. The van der Waals surface area contributed by atoms with Crippen molar-refractivity contribution in [1.29, 1.82) is 0 Å². The third kappa shape index (κ3) is 13.2. The second-order valence-corrected chi connectivity index (χ2v) is 13.4. The van der Waals surface area contributed by atoms with E-state index in [1.165, 1.54) is 75.1 Å². The predicted molar refractivity (Wildman–Crippen MR) is 189 cm³/mol. The second kappa shape index (κ2) is 23.0. The molecule has 3 atom stereocenters. The van der Waals surface area contributed by atoms with Gasteiger partial charge < -0.3 is 30.1 Å². The molecule has 0 bridgehead atoms. The Morgan fingerprint density at radius 1 is 1.04 bits per heavy atom. The molecule has 0 aromatic carbocycles. The van der Waals surface area contributed by atoms with Gasteiger partial charge in [0.05, 0.1) is 6.61 Å². The summed E-state index contributed by atoms with van der Waals surface area (Å²) in [6.07, 6.45) is 15.3. The van der Waals surface area contributed by atoms with Gasteiger partial charge in [0, 0.05) is 24.3 Å². The van der Waals surface area contributed by atoms with Crippen molar-refractivity contribution in [3.63, 3.8) is 0 Å². The van der Waals surface area contributed by atoms with Gasteiger partial charge in [-0.25, -0.2) is 9.78 Å². The molecule has 3 N–H and O–H groups in total. The average Bonchev–Trinajstić information content (AvgIpc) is 3.49. The molecule has 2 unspecified atom stereocenters. The number of thioether (sulfide) groups is 1. The fourth-order valence-corrected chi connectivity index (χ4v) is 6.89. The number of carbonyl (C=O) groups excluding carboxylic acids is 3. The molecule has 0 radical (unpaired) electrons. The first-order valence-electron chi connectivity index (χ1n) is 16.6. The van der Waals surface area contributed by atoms with Crippen LogP contribution in [0, 0.1) is 0 Å². The summed E-state index contributed by atoms with van der Waals surface area (Å²) in [5, 5.41) is 7.87. The van der Waals surface area contributed by atoms with E-state index < -0.39 is 35.3 Å². The van der Waals surface area contributed by atoms with Crippen molar-refractivity contribution in [2.45, 2.75) is 108 Å². The van der Waals surface area contributed by atoms with Crippen LogP contribution in [0.5, 0.6) is 0 Å². The molecule has 3 rings (SSSR count). The van der Waals surface area contributed by atoms with Crippen LogP contribution >= 0.6 is 35.5 Å². The number of carbonyl (C=O) groups is 3. The van der Waals surface area contributed by atoms with Gasteiger partial charge in [-0.2, -0.15) is 0 Å². The van der Waals surface area contributed by atoms with Crippen LogP contribution in [-0.4, -0.2) is 90.2 Å². The van der Waals surface area contributed by atoms with Crippen LogP contribution in [0.1, 0.15) is 96.6 Å². The number of nitrogens with two attached hydrogens (primary N) is 1. The number of oxime groups is 1. The molecule has 0 saturated carbocycles. The van der Waals surface area contributed by atoms with Gasteiger partial charge in [-0.1, -0.05) is 83.2 Å². The first-order chi connectivity index (χ1) is 22.4. The zero-order valence-corrected chi connectivity index (χ0v) is 30.4. The second-order valence-electron chi connectivity index (χ2n) is 11.4. The number of unbranched alkanes of at least 4 members (excludes halogenated alkanes) is 10. The number of β-lactam (4-membered cyclic amide) rings is 1. The summed E-state index contributed by atoms with van der Waals surface area (Å²) >= 11 is 2.59. The van der Waals surface area contributed by atoms with E-state index in [1.54, 1.807) is 11.5 Å². The Bertz CT molecular complexity index is 1170. The van der Waals surface area contributed by atoms with Crippen molar-refractivity contribution in [2.75, 3.05) is 45.0 Å². The van der Waals surface area contributed by atoms with Crippen LogP contribution in [0.2, 0.25) is 0 Å². The third-order valence-corrected chi connectivity index (χ3v) is 9.56. The Kier molecular flexibility index (Phi) is 20.0. The van der Waals surface area contributed by atoms with Crippen molar-refractivity contribution in [3.05, 3.63) is 22.8 Å². The molecule has 2 aliphatic heterocycles. The molecule has 3 heterocycles. The predicted octanol–water partition coefficient (Wildman–Crippen LogP) is 5.45. The van der Waals surface area contributed by atoms with E-state index in [4.69, 9.17) is 24.8 Å². The lowest BCUT2D eigenvalue weighted by Crippen LogP contribution is -2.70. The van der Waals surface area contributed by atoms with Gasteiger partial charge in [0.15, 0.2) is 10.8 Å². The van der Waals surface area contributed by atoms with Crippen molar-refractivity contribution in [3.8, 4) is 0 Å². The maximum absolute atomic E-state index is 13.2. The molecule has 1 saturated heterocycles. The Hall–Kier alpha value is -2.39. The largest absolute Gasteiger partial charge is 0.458 e. The molecule has 0 spiro atoms. The van der Waals surface area contributed by atoms with E-state index in [0.29, 0.717) is 25.6 Å². The smallest absolute Gasteiger partial charge is 0.354 e. The molecule has 1 aromatic heterocycles. The van der Waals surface area contributed by atoms with E-state index in [2.05, 4.69) is 29.3 Å². The number of aromatic nitrogens is 1. The van der Waals surface area contributed by atoms with E-state index in [0.717, 1.165) is 37.0 Å². The van der Waals surface area contributed by atoms with Crippen molar-refractivity contribution in [2.24, 2.45) is 5.16 Å². The summed E-state index contributed by atoms with van der Waals surface area (Å²) in [5.41, 5.74) is 6.02. The van der Waals surface area contributed by atoms with E-state index >= 15 is 0 Å². The van der Waals surface area contributed by atoms with Gasteiger partial charge in [0.25, 0.3) is 11.8 Å². The van der Waals surface area contributed by atoms with Crippen LogP contribution in [0.3, 0.4) is 0 Å². The number of nitrogens with zero attached hydrogens (tertiary/aromatic N) is 3. The third-order valence-electron chi connectivity index (χ3n) is 7.70. The zero-order chi connectivity index (χ0) is 33.1. The van der Waals surface area contributed by atoms with Gasteiger partial charge >= 0.3 is 5.97 Å². The highest BCUT2D eigenvalue weighted by Gasteiger charge is 2.53. The zero-order valence-electron chi connectivity index (χ0n) is 27.9. The number of halogens is 1. The summed E-state index contributed by atoms with van der Waals surface area (Å²) in [5.74, 6) is -1.17. The maximum Gasteiger partial charge on any atom is 0.354 e. The Morgan fingerprint density at radius 2 is 1.70 bits per heavy atom. The minimum absolute atomic E-state index is 0. The summed E-state index contributed by atoms with van der Waals surface area (Å²) in [7, 11) is 1.31. The number of thiazole rings is 1. The molecule has 1 fully saturated rings. The van der Waals surface area contributed by atoms with Gasteiger partial charge in [0.2, 0.25) is 0 Å². The molecular weight excluding hydrogens is 666 g/mol. The maximum atomic E-state index is 13.2. The molecular formula is C32H52ClN5O7S2. The van der Waals surface area contributed by atoms with Gasteiger partial charge in [-0.15, -0.1) is 35.5 Å². The first kappa shape index (κ1) is 40.8. The number of ether oxygens (including phenoxy) is 3. The van der Waals surface area contributed by atoms with Crippen molar-refractivity contribution < 1.29 is 33.4 Å². The molecule has 15 heteroatoms. The lowest BCUT2D eigenvalue weighted by molar-refractivity contribution is -0.155. The van der Waals surface area contributed by atoms with Crippen molar-refractivity contribution >= 4 is 64.1 Å². The Labute approximate surface area is 293 Å². The van der Waals surface area contributed by atoms with Crippen molar-refractivity contribution in [1.82, 2.24) is 15.2 Å². The Balaban J connectivity index is 0.00000768. The number of amides is 2. The summed E-state index contributed by atoms with van der Waals surface area (Å²) in [6, 6.07) is -0.851. The van der Waals surface area contributed by atoms with E-state index in [-0.39, 0.29) is 41.2 Å². The highest BCUT2D eigenvalue weighted by Crippen LogP contribution is 2.38.